The van der Waals surface area contributed by atoms with Crippen LogP contribution >= 0.6 is 0 Å². The lowest BCUT2D eigenvalue weighted by Gasteiger charge is -2.20. The molecule has 0 bridgehead atoms. The Labute approximate surface area is 84.5 Å². The van der Waals surface area contributed by atoms with Crippen LogP contribution in [0.5, 0.6) is 0 Å². The van der Waals surface area contributed by atoms with Gasteiger partial charge in [-0.25, -0.2) is 0 Å². The number of rotatable bonds is 7. The molecule has 4 heteroatoms. The normalized spacial score (nSPS) is 14.7. The lowest BCUT2D eigenvalue weighted by atomic mass is 9.84. The van der Waals surface area contributed by atoms with Crippen LogP contribution in [0.15, 0.2) is 0 Å². The van der Waals surface area contributed by atoms with Gasteiger partial charge in [0.2, 0.25) is 5.91 Å². The molecule has 0 radical (unpaired) electrons. The van der Waals surface area contributed by atoms with Gasteiger partial charge in [-0.15, -0.1) is 0 Å². The molecular formula is C10H19NO3. The van der Waals surface area contributed by atoms with Gasteiger partial charge in [-0.2, -0.15) is 0 Å². The van der Waals surface area contributed by atoms with E-state index in [9.17, 15) is 9.59 Å². The second-order valence-corrected chi connectivity index (χ2v) is 3.81. The van der Waals surface area contributed by atoms with Crippen molar-refractivity contribution >= 4 is 11.9 Å². The summed E-state index contributed by atoms with van der Waals surface area (Å²) in [5, 5.41) is 8.86. The first-order valence-corrected chi connectivity index (χ1v) is 4.98. The van der Waals surface area contributed by atoms with Crippen LogP contribution in [-0.4, -0.2) is 17.0 Å². The van der Waals surface area contributed by atoms with Crippen molar-refractivity contribution in [2.24, 2.45) is 11.1 Å². The monoisotopic (exact) mass is 201 g/mol. The summed E-state index contributed by atoms with van der Waals surface area (Å²) < 4.78 is 0. The van der Waals surface area contributed by atoms with Crippen molar-refractivity contribution < 1.29 is 14.7 Å². The topological polar surface area (TPSA) is 80.4 Å². The summed E-state index contributed by atoms with van der Waals surface area (Å²) in [5.74, 6) is -1.87. The molecule has 0 aliphatic rings. The molecule has 1 atom stereocenters. The van der Waals surface area contributed by atoms with Crippen LogP contribution in [0.1, 0.15) is 46.0 Å². The number of nitrogens with two attached hydrogens (primary N) is 1. The van der Waals surface area contributed by atoms with E-state index >= 15 is 0 Å². The Morgan fingerprint density at radius 1 is 1.29 bits per heavy atom. The third-order valence-electron chi connectivity index (χ3n) is 2.55. The lowest BCUT2D eigenvalue weighted by Crippen LogP contribution is -2.41. The summed E-state index contributed by atoms with van der Waals surface area (Å²) >= 11 is 0. The van der Waals surface area contributed by atoms with Crippen LogP contribution in [0.25, 0.3) is 0 Å². The van der Waals surface area contributed by atoms with E-state index in [2.05, 4.69) is 6.92 Å². The van der Waals surface area contributed by atoms with Gasteiger partial charge in [0.05, 0.1) is 0 Å². The summed E-state index contributed by atoms with van der Waals surface area (Å²) in [6.45, 7) is 3.47. The van der Waals surface area contributed by atoms with Crippen LogP contribution in [0.2, 0.25) is 0 Å². The molecule has 0 fully saturated rings. The molecule has 0 saturated heterocycles. The molecule has 0 aromatic carbocycles. The number of hydrogen-bond donors (Lipinski definition) is 2. The highest BCUT2D eigenvalue weighted by Crippen LogP contribution is 2.24. The van der Waals surface area contributed by atoms with Gasteiger partial charge in [0.15, 0.2) is 0 Å². The van der Waals surface area contributed by atoms with Crippen molar-refractivity contribution in [3.05, 3.63) is 0 Å². The second kappa shape index (κ2) is 5.62. The third-order valence-corrected chi connectivity index (χ3v) is 2.55. The number of hydrogen-bond acceptors (Lipinski definition) is 2. The Balaban J connectivity index is 4.12. The molecule has 0 aliphatic carbocycles. The van der Waals surface area contributed by atoms with Gasteiger partial charge in [-0.3, -0.25) is 9.59 Å². The van der Waals surface area contributed by atoms with Crippen molar-refractivity contribution in [2.75, 3.05) is 0 Å². The number of unbranched alkanes of at least 4 members (excludes halogenated alkanes) is 3. The van der Waals surface area contributed by atoms with Crippen molar-refractivity contribution in [2.45, 2.75) is 46.0 Å². The number of carboxylic acids is 1. The molecule has 14 heavy (non-hydrogen) atoms. The standard InChI is InChI=1S/C10H19NO3/c1-3-4-5-6-7-10(2,8(11)12)9(13)14/h3-7H2,1-2H3,(H2,11,12)(H,13,14). The lowest BCUT2D eigenvalue weighted by molar-refractivity contribution is -0.154. The molecule has 1 amide bonds. The Morgan fingerprint density at radius 3 is 2.21 bits per heavy atom. The van der Waals surface area contributed by atoms with Gasteiger partial charge in [0.25, 0.3) is 0 Å². The fourth-order valence-corrected chi connectivity index (χ4v) is 1.24. The molecule has 0 heterocycles. The fourth-order valence-electron chi connectivity index (χ4n) is 1.24. The van der Waals surface area contributed by atoms with E-state index in [-0.39, 0.29) is 0 Å². The number of carboxylic acid groups (broad SMARTS) is 1. The molecule has 0 aromatic heterocycles. The Kier molecular flexibility index (Phi) is 5.20. The zero-order valence-corrected chi connectivity index (χ0v) is 8.88. The maximum Gasteiger partial charge on any atom is 0.318 e. The molecule has 3 N–H and O–H groups in total. The van der Waals surface area contributed by atoms with Gasteiger partial charge < -0.3 is 10.8 Å². The molecular weight excluding hydrogens is 182 g/mol. The average molecular weight is 201 g/mol. The number of aliphatic carboxylic acids is 1. The van der Waals surface area contributed by atoms with E-state index in [1.54, 1.807) is 0 Å². The fraction of sp³-hybridized carbons (Fsp3) is 0.800. The smallest absolute Gasteiger partial charge is 0.318 e. The molecule has 0 spiro atoms. The van der Waals surface area contributed by atoms with E-state index < -0.39 is 17.3 Å². The van der Waals surface area contributed by atoms with Gasteiger partial charge in [0.1, 0.15) is 5.41 Å². The predicted molar refractivity (Wildman–Crippen MR) is 53.7 cm³/mol. The highest BCUT2D eigenvalue weighted by atomic mass is 16.4. The molecule has 4 nitrogen and oxygen atoms in total. The number of amides is 1. The SMILES string of the molecule is CCCCCCC(C)(C(N)=O)C(=O)O. The molecule has 1 unspecified atom stereocenters. The predicted octanol–water partition coefficient (Wildman–Crippen LogP) is 1.53. The quantitative estimate of drug-likeness (QED) is 0.484. The van der Waals surface area contributed by atoms with Crippen LogP contribution in [0, 0.1) is 5.41 Å². The second-order valence-electron chi connectivity index (χ2n) is 3.81. The maximum absolute atomic E-state index is 11.0. The zero-order valence-electron chi connectivity index (χ0n) is 8.88. The molecule has 82 valence electrons. The Bertz CT molecular complexity index is 199. The third kappa shape index (κ3) is 3.36. The summed E-state index contributed by atoms with van der Waals surface area (Å²) in [6, 6.07) is 0. The van der Waals surface area contributed by atoms with Crippen LogP contribution in [0.4, 0.5) is 0 Å². The molecule has 0 rings (SSSR count). The first-order valence-electron chi connectivity index (χ1n) is 4.98. The van der Waals surface area contributed by atoms with Crippen molar-refractivity contribution in [3.63, 3.8) is 0 Å². The first kappa shape index (κ1) is 12.9. The average Bonchev–Trinajstić information content (AvgIpc) is 2.11. The van der Waals surface area contributed by atoms with E-state index in [1.807, 2.05) is 0 Å². The Morgan fingerprint density at radius 2 is 1.86 bits per heavy atom. The Hall–Kier alpha value is -1.06. The van der Waals surface area contributed by atoms with Gasteiger partial charge in [0, 0.05) is 0 Å². The van der Waals surface area contributed by atoms with Gasteiger partial charge >= 0.3 is 5.97 Å². The van der Waals surface area contributed by atoms with Crippen LogP contribution in [-0.2, 0) is 9.59 Å². The number of primary amides is 1. The highest BCUT2D eigenvalue weighted by molar-refractivity contribution is 6.00. The van der Waals surface area contributed by atoms with Gasteiger partial charge in [-0.1, -0.05) is 32.6 Å². The van der Waals surface area contributed by atoms with E-state index in [0.29, 0.717) is 6.42 Å². The molecule has 0 saturated carbocycles. The van der Waals surface area contributed by atoms with E-state index in [0.717, 1.165) is 25.7 Å². The summed E-state index contributed by atoms with van der Waals surface area (Å²) in [5.41, 5.74) is 3.67. The van der Waals surface area contributed by atoms with Gasteiger partial charge in [-0.05, 0) is 13.3 Å². The van der Waals surface area contributed by atoms with E-state index in [4.69, 9.17) is 10.8 Å². The summed E-state index contributed by atoms with van der Waals surface area (Å²) in [4.78, 5) is 21.8. The number of carbonyl (C=O) groups excluding carboxylic acids is 1. The van der Waals surface area contributed by atoms with Crippen molar-refractivity contribution in [1.82, 2.24) is 0 Å². The largest absolute Gasteiger partial charge is 0.480 e. The minimum absolute atomic E-state index is 0.331. The minimum Gasteiger partial charge on any atom is -0.480 e. The summed E-state index contributed by atoms with van der Waals surface area (Å²) in [7, 11) is 0. The molecule has 0 aliphatic heterocycles. The van der Waals surface area contributed by atoms with Crippen LogP contribution in [0.3, 0.4) is 0 Å². The first-order chi connectivity index (χ1) is 6.45. The molecule has 0 aromatic rings. The number of carbonyl (C=O) groups is 2. The van der Waals surface area contributed by atoms with Crippen molar-refractivity contribution in [3.8, 4) is 0 Å². The summed E-state index contributed by atoms with van der Waals surface area (Å²) in [6.07, 6.45) is 4.17. The zero-order chi connectivity index (χ0) is 11.2. The van der Waals surface area contributed by atoms with E-state index in [1.165, 1.54) is 6.92 Å². The maximum atomic E-state index is 11.0. The van der Waals surface area contributed by atoms with Crippen molar-refractivity contribution in [1.29, 1.82) is 0 Å². The minimum atomic E-state index is -1.40. The van der Waals surface area contributed by atoms with Crippen LogP contribution < -0.4 is 5.73 Å². The highest BCUT2D eigenvalue weighted by Gasteiger charge is 2.38.